The Morgan fingerprint density at radius 3 is 2.74 bits per heavy atom. The number of piperidine rings is 1. The molecule has 2 amide bonds. The van der Waals surface area contributed by atoms with Gasteiger partial charge in [0.1, 0.15) is 11.6 Å². The number of carbonyl (C=O) groups excluding carboxylic acids is 2. The number of benzene rings is 1. The summed E-state index contributed by atoms with van der Waals surface area (Å²) >= 11 is 0. The predicted octanol–water partition coefficient (Wildman–Crippen LogP) is 2.73. The average Bonchev–Trinajstić information content (AvgIpc) is 3.46. The number of nitrogens with two attached hydrogens (primary N) is 1. The van der Waals surface area contributed by atoms with Crippen LogP contribution in [0.5, 0.6) is 5.75 Å². The fourth-order valence-electron chi connectivity index (χ4n) is 6.42. The molecule has 4 heterocycles. The van der Waals surface area contributed by atoms with E-state index in [9.17, 15) is 9.59 Å². The van der Waals surface area contributed by atoms with Gasteiger partial charge in [0, 0.05) is 55.6 Å². The molecule has 2 fully saturated rings. The normalized spacial score (nSPS) is 17.5. The summed E-state index contributed by atoms with van der Waals surface area (Å²) in [6.07, 6.45) is 8.09. The van der Waals surface area contributed by atoms with Gasteiger partial charge in [-0.1, -0.05) is 12.1 Å². The van der Waals surface area contributed by atoms with Gasteiger partial charge in [-0.2, -0.15) is 0 Å². The molecule has 3 aliphatic rings. The summed E-state index contributed by atoms with van der Waals surface area (Å²) in [7, 11) is 3.84. The number of hydrogen-bond acceptors (Lipinski definition) is 9. The highest BCUT2D eigenvalue weighted by atomic mass is 16.5. The van der Waals surface area contributed by atoms with Crippen molar-refractivity contribution >= 4 is 23.6 Å². The molecule has 1 aromatic carbocycles. The Labute approximate surface area is 245 Å². The number of likely N-dealkylation sites (N-methyl/N-ethyl adjacent to an activating group) is 1. The Bertz CT molecular complexity index is 1480. The van der Waals surface area contributed by atoms with Crippen molar-refractivity contribution in [3.8, 4) is 17.0 Å². The van der Waals surface area contributed by atoms with E-state index in [0.29, 0.717) is 31.0 Å². The van der Waals surface area contributed by atoms with Gasteiger partial charge in [-0.15, -0.1) is 0 Å². The van der Waals surface area contributed by atoms with E-state index in [2.05, 4.69) is 25.6 Å². The fraction of sp³-hybridized carbons (Fsp3) is 0.452. The van der Waals surface area contributed by atoms with Gasteiger partial charge in [0.2, 0.25) is 11.9 Å². The SMILES string of the molecule is CN(C)CC(=O)N1CCC2(CC1)CC(NC(=O)c1cccc(CNc3ncc(-c4ccnc(N)n4)c4c3CCO4)c1)C2. The zero-order chi connectivity index (χ0) is 29.3. The monoisotopic (exact) mass is 570 g/mol. The van der Waals surface area contributed by atoms with Crippen molar-refractivity contribution < 1.29 is 14.3 Å². The summed E-state index contributed by atoms with van der Waals surface area (Å²) in [5.74, 6) is 1.89. The van der Waals surface area contributed by atoms with E-state index in [1.807, 2.05) is 48.2 Å². The number of nitrogens with zero attached hydrogens (tertiary/aromatic N) is 5. The molecular formula is C31H38N8O3. The summed E-state index contributed by atoms with van der Waals surface area (Å²) in [5, 5.41) is 6.66. The average molecular weight is 571 g/mol. The van der Waals surface area contributed by atoms with Gasteiger partial charge in [0.25, 0.3) is 5.91 Å². The molecule has 1 saturated carbocycles. The largest absolute Gasteiger partial charge is 0.492 e. The second-order valence-electron chi connectivity index (χ2n) is 12.0. The van der Waals surface area contributed by atoms with Crippen molar-refractivity contribution in [2.75, 3.05) is 51.4 Å². The van der Waals surface area contributed by atoms with Crippen LogP contribution in [0, 0.1) is 5.41 Å². The van der Waals surface area contributed by atoms with Gasteiger partial charge in [0.15, 0.2) is 0 Å². The quantitative estimate of drug-likeness (QED) is 0.373. The van der Waals surface area contributed by atoms with Gasteiger partial charge in [-0.25, -0.2) is 15.0 Å². The standard InChI is InChI=1S/C31H38N8O3/c1-38(2)19-26(40)39-11-8-31(9-12-39)15-22(16-31)36-29(41)21-5-3-4-20(14-21)17-34-28-23-7-13-42-27(23)24(18-35-28)25-6-10-33-30(32)37-25/h3-6,10,14,18,22H,7-9,11-13,15-17,19H2,1-2H3,(H,34,35)(H,36,41)(H2,32,33,37). The summed E-state index contributed by atoms with van der Waals surface area (Å²) in [5.41, 5.74) is 10.1. The number of ether oxygens (including phenoxy) is 1. The first-order valence-electron chi connectivity index (χ1n) is 14.6. The Morgan fingerprint density at radius 1 is 1.17 bits per heavy atom. The molecule has 3 aromatic rings. The highest BCUT2D eigenvalue weighted by Gasteiger charge is 2.46. The Hall–Kier alpha value is -4.25. The zero-order valence-electron chi connectivity index (χ0n) is 24.2. The smallest absolute Gasteiger partial charge is 0.251 e. The first-order chi connectivity index (χ1) is 20.3. The summed E-state index contributed by atoms with van der Waals surface area (Å²) in [6, 6.07) is 9.68. The van der Waals surface area contributed by atoms with Gasteiger partial charge in [-0.3, -0.25) is 9.59 Å². The number of aromatic nitrogens is 3. The van der Waals surface area contributed by atoms with Crippen LogP contribution in [0.15, 0.2) is 42.7 Å². The Morgan fingerprint density at radius 2 is 1.98 bits per heavy atom. The lowest BCUT2D eigenvalue weighted by Gasteiger charge is -2.52. The summed E-state index contributed by atoms with van der Waals surface area (Å²) < 4.78 is 5.94. The van der Waals surface area contributed by atoms with Crippen molar-refractivity contribution in [2.24, 2.45) is 5.41 Å². The number of pyridine rings is 1. The van der Waals surface area contributed by atoms with Gasteiger partial charge in [0.05, 0.1) is 24.4 Å². The third-order valence-electron chi connectivity index (χ3n) is 8.65. The summed E-state index contributed by atoms with van der Waals surface area (Å²) in [6.45, 7) is 3.18. The van der Waals surface area contributed by atoms with Crippen LogP contribution in [-0.2, 0) is 17.8 Å². The number of hydrogen-bond donors (Lipinski definition) is 3. The van der Waals surface area contributed by atoms with E-state index >= 15 is 0 Å². The zero-order valence-corrected chi connectivity index (χ0v) is 24.2. The number of likely N-dealkylation sites (tertiary alicyclic amines) is 1. The maximum Gasteiger partial charge on any atom is 0.251 e. The number of anilines is 2. The lowest BCUT2D eigenvalue weighted by Crippen LogP contribution is -2.56. The van der Waals surface area contributed by atoms with Crippen LogP contribution in [0.3, 0.4) is 0 Å². The predicted molar refractivity (Wildman–Crippen MR) is 160 cm³/mol. The number of carbonyl (C=O) groups is 2. The molecular weight excluding hydrogens is 532 g/mol. The third kappa shape index (κ3) is 5.87. The number of rotatable bonds is 8. The second kappa shape index (κ2) is 11.6. The van der Waals surface area contributed by atoms with Crippen LogP contribution < -0.4 is 21.1 Å². The van der Waals surface area contributed by atoms with Crippen molar-refractivity contribution in [1.82, 2.24) is 30.1 Å². The third-order valence-corrected chi connectivity index (χ3v) is 8.65. The molecule has 11 nitrogen and oxygen atoms in total. The molecule has 0 radical (unpaired) electrons. The first-order valence-corrected chi connectivity index (χ1v) is 14.6. The Kier molecular flexibility index (Phi) is 7.68. The van der Waals surface area contributed by atoms with Crippen LogP contribution in [0.1, 0.15) is 47.2 Å². The van der Waals surface area contributed by atoms with E-state index in [1.54, 1.807) is 18.5 Å². The molecule has 11 heteroatoms. The maximum atomic E-state index is 13.1. The second-order valence-corrected chi connectivity index (χ2v) is 12.0. The minimum Gasteiger partial charge on any atom is -0.492 e. The van der Waals surface area contributed by atoms with Crippen LogP contribution >= 0.6 is 0 Å². The molecule has 42 heavy (non-hydrogen) atoms. The van der Waals surface area contributed by atoms with Gasteiger partial charge in [-0.05, 0) is 69.0 Å². The Balaban J connectivity index is 1.03. The van der Waals surface area contributed by atoms with Gasteiger partial charge >= 0.3 is 0 Å². The number of amides is 2. The van der Waals surface area contributed by atoms with E-state index in [4.69, 9.17) is 10.5 Å². The van der Waals surface area contributed by atoms with Crippen molar-refractivity contribution in [1.29, 1.82) is 0 Å². The highest BCUT2D eigenvalue weighted by molar-refractivity contribution is 5.94. The molecule has 1 aliphatic carbocycles. The summed E-state index contributed by atoms with van der Waals surface area (Å²) in [4.78, 5) is 42.3. The lowest BCUT2D eigenvalue weighted by molar-refractivity contribution is -0.135. The van der Waals surface area contributed by atoms with Crippen molar-refractivity contribution in [2.45, 2.75) is 44.7 Å². The van der Waals surface area contributed by atoms with E-state index in [0.717, 1.165) is 73.5 Å². The highest BCUT2D eigenvalue weighted by Crippen LogP contribution is 2.49. The lowest BCUT2D eigenvalue weighted by atomic mass is 9.60. The molecule has 220 valence electrons. The molecule has 1 saturated heterocycles. The van der Waals surface area contributed by atoms with Crippen LogP contribution in [0.2, 0.25) is 0 Å². The number of fused-ring (bicyclic) bond motifs is 1. The molecule has 1 spiro atoms. The minimum absolute atomic E-state index is 0.0452. The van der Waals surface area contributed by atoms with Gasteiger partial charge < -0.3 is 30.9 Å². The van der Waals surface area contributed by atoms with E-state index in [1.165, 1.54) is 0 Å². The maximum absolute atomic E-state index is 13.1. The molecule has 0 unspecified atom stereocenters. The fourth-order valence-corrected chi connectivity index (χ4v) is 6.42. The van der Waals surface area contributed by atoms with Crippen molar-refractivity contribution in [3.05, 3.63) is 59.4 Å². The molecule has 0 atom stereocenters. The van der Waals surface area contributed by atoms with E-state index in [-0.39, 0.29) is 29.2 Å². The van der Waals surface area contributed by atoms with Crippen molar-refractivity contribution in [3.63, 3.8) is 0 Å². The molecule has 0 bridgehead atoms. The first kappa shape index (κ1) is 27.9. The molecule has 2 aliphatic heterocycles. The molecule has 4 N–H and O–H groups in total. The number of nitrogen functional groups attached to an aromatic ring is 1. The number of nitrogens with one attached hydrogen (secondary N) is 2. The van der Waals surface area contributed by atoms with E-state index < -0.39 is 0 Å². The van der Waals surface area contributed by atoms with Crippen LogP contribution in [-0.4, -0.2) is 82.9 Å². The van der Waals surface area contributed by atoms with Crippen LogP contribution in [0.25, 0.3) is 11.3 Å². The topological polar surface area (TPSA) is 139 Å². The molecule has 2 aromatic heterocycles. The van der Waals surface area contributed by atoms with Crippen LogP contribution in [0.4, 0.5) is 11.8 Å². The minimum atomic E-state index is -0.0452. The molecule has 6 rings (SSSR count).